The molecular formula is C10H9Cl2NOTi. The Hall–Kier alpha value is -0.276. The van der Waals surface area contributed by atoms with Crippen LogP contribution in [0.15, 0.2) is 30.3 Å². The summed E-state index contributed by atoms with van der Waals surface area (Å²) in [5, 5.41) is 10.4. The molecule has 0 atom stereocenters. The van der Waals surface area contributed by atoms with Crippen molar-refractivity contribution in [2.45, 2.75) is 6.92 Å². The van der Waals surface area contributed by atoms with E-state index in [2.05, 4.69) is 4.98 Å². The molecule has 0 aliphatic carbocycles. The molecule has 0 radical (unpaired) electrons. The van der Waals surface area contributed by atoms with Crippen LogP contribution in [0.25, 0.3) is 10.9 Å². The van der Waals surface area contributed by atoms with E-state index in [-0.39, 0.29) is 5.75 Å². The van der Waals surface area contributed by atoms with Gasteiger partial charge in [-0.05, 0) is 19.1 Å². The Labute approximate surface area is 105 Å². The van der Waals surface area contributed by atoms with Crippen LogP contribution < -0.4 is 0 Å². The van der Waals surface area contributed by atoms with Gasteiger partial charge in [0.25, 0.3) is 0 Å². The number of fused-ring (bicyclic) bond motifs is 1. The molecule has 0 unspecified atom stereocenters. The number of aryl methyl sites for hydroxylation is 1. The summed E-state index contributed by atoms with van der Waals surface area (Å²) in [7, 11) is 9.78. The molecule has 1 N–H and O–H groups in total. The van der Waals surface area contributed by atoms with E-state index in [4.69, 9.17) is 18.6 Å². The molecule has 1 aromatic heterocycles. The number of para-hydroxylation sites is 1. The van der Waals surface area contributed by atoms with E-state index in [0.717, 1.165) is 11.1 Å². The first-order valence-electron chi connectivity index (χ1n) is 4.20. The van der Waals surface area contributed by atoms with Crippen LogP contribution in [0.3, 0.4) is 0 Å². The van der Waals surface area contributed by atoms with E-state index < -0.39 is 17.0 Å². The molecule has 2 aromatic rings. The van der Waals surface area contributed by atoms with Crippen molar-refractivity contribution in [3.63, 3.8) is 0 Å². The summed E-state index contributed by atoms with van der Waals surface area (Å²) < 4.78 is 0. The molecule has 5 heteroatoms. The Bertz CT molecular complexity index is 450. The summed E-state index contributed by atoms with van der Waals surface area (Å²) in [4.78, 5) is 4.23. The number of hydrogen-bond donors (Lipinski definition) is 1. The number of hydrogen-bond acceptors (Lipinski definition) is 2. The Balaban J connectivity index is 0.000000337. The van der Waals surface area contributed by atoms with Gasteiger partial charge in [0.2, 0.25) is 0 Å². The standard InChI is InChI=1S/C10H9NO.2ClH.Ti/c1-7-5-6-8-3-2-4-9(12)10(8)11-7;;;/h2-6,12H,1H3;2*1H;/q;;;+2/p-2. The topological polar surface area (TPSA) is 33.1 Å². The van der Waals surface area contributed by atoms with E-state index in [9.17, 15) is 5.11 Å². The maximum absolute atomic E-state index is 9.43. The molecule has 1 heterocycles. The third-order valence-corrected chi connectivity index (χ3v) is 1.84. The first-order valence-corrected chi connectivity index (χ1v) is 8.50. The SMILES string of the molecule is Cc1ccc2cccc(O)c2n1.[Cl][Ti][Cl]. The van der Waals surface area contributed by atoms with Crippen molar-refractivity contribution in [2.75, 3.05) is 0 Å². The zero-order valence-corrected chi connectivity index (χ0v) is 11.1. The third kappa shape index (κ3) is 3.65. The molecule has 0 saturated carbocycles. The van der Waals surface area contributed by atoms with Crippen LogP contribution in [0.4, 0.5) is 0 Å². The van der Waals surface area contributed by atoms with Gasteiger partial charge < -0.3 is 5.11 Å². The Morgan fingerprint density at radius 1 is 1.20 bits per heavy atom. The maximum atomic E-state index is 9.43. The molecule has 15 heavy (non-hydrogen) atoms. The zero-order chi connectivity index (χ0) is 11.3. The van der Waals surface area contributed by atoms with Crippen LogP contribution in [0, 0.1) is 6.92 Å². The van der Waals surface area contributed by atoms with Gasteiger partial charge in [0, 0.05) is 11.1 Å². The Kier molecular flexibility index (Phi) is 5.41. The predicted octanol–water partition coefficient (Wildman–Crippen LogP) is 3.63. The summed E-state index contributed by atoms with van der Waals surface area (Å²) in [5.74, 6) is 0.246. The van der Waals surface area contributed by atoms with Gasteiger partial charge >= 0.3 is 35.6 Å². The number of rotatable bonds is 0. The van der Waals surface area contributed by atoms with Crippen molar-refractivity contribution in [1.29, 1.82) is 0 Å². The van der Waals surface area contributed by atoms with Crippen LogP contribution >= 0.6 is 18.6 Å². The molecule has 0 aliphatic rings. The molecule has 0 saturated heterocycles. The molecule has 2 nitrogen and oxygen atoms in total. The van der Waals surface area contributed by atoms with Crippen molar-refractivity contribution in [1.82, 2.24) is 4.98 Å². The van der Waals surface area contributed by atoms with E-state index in [1.807, 2.05) is 31.2 Å². The number of halogens is 2. The number of nitrogens with zero attached hydrogens (tertiary/aromatic N) is 1. The molecule has 0 spiro atoms. The number of aromatic hydroxyl groups is 1. The van der Waals surface area contributed by atoms with E-state index in [0.29, 0.717) is 5.52 Å². The van der Waals surface area contributed by atoms with E-state index in [1.165, 1.54) is 0 Å². The quantitative estimate of drug-likeness (QED) is 0.746. The molecule has 2 rings (SSSR count). The van der Waals surface area contributed by atoms with Crippen LogP contribution in [-0.4, -0.2) is 10.1 Å². The van der Waals surface area contributed by atoms with Crippen molar-refractivity contribution in [3.8, 4) is 5.75 Å². The number of aromatic nitrogens is 1. The van der Waals surface area contributed by atoms with Gasteiger partial charge in [0.15, 0.2) is 0 Å². The molecule has 0 amide bonds. The normalized spacial score (nSPS) is 9.27. The van der Waals surface area contributed by atoms with Crippen LogP contribution in [0.1, 0.15) is 5.69 Å². The van der Waals surface area contributed by atoms with E-state index in [1.54, 1.807) is 6.07 Å². The first kappa shape index (κ1) is 12.8. The molecular weight excluding hydrogens is 269 g/mol. The van der Waals surface area contributed by atoms with E-state index >= 15 is 0 Å². The van der Waals surface area contributed by atoms with Crippen LogP contribution in [-0.2, 0) is 17.0 Å². The number of pyridine rings is 1. The second kappa shape index (κ2) is 6.34. The fraction of sp³-hybridized carbons (Fsp3) is 0.100. The Morgan fingerprint density at radius 2 is 1.87 bits per heavy atom. The number of benzene rings is 1. The van der Waals surface area contributed by atoms with Crippen molar-refractivity contribution in [2.24, 2.45) is 0 Å². The fourth-order valence-electron chi connectivity index (χ4n) is 1.23. The summed E-state index contributed by atoms with van der Waals surface area (Å²) in [6.45, 7) is 1.91. The van der Waals surface area contributed by atoms with Gasteiger partial charge in [-0.2, -0.15) is 0 Å². The first-order chi connectivity index (χ1) is 7.19. The second-order valence-corrected chi connectivity index (χ2v) is 5.45. The average Bonchev–Trinajstić information content (AvgIpc) is 2.21. The van der Waals surface area contributed by atoms with Gasteiger partial charge in [0.1, 0.15) is 11.3 Å². The number of phenolic OH excluding ortho intramolecular Hbond substituents is 1. The van der Waals surface area contributed by atoms with Crippen LogP contribution in [0.5, 0.6) is 5.75 Å². The molecule has 1 aromatic carbocycles. The van der Waals surface area contributed by atoms with Gasteiger partial charge in [0.05, 0.1) is 0 Å². The molecule has 0 aliphatic heterocycles. The van der Waals surface area contributed by atoms with Crippen LogP contribution in [0.2, 0.25) is 0 Å². The predicted molar refractivity (Wildman–Crippen MR) is 59.9 cm³/mol. The summed E-state index contributed by atoms with van der Waals surface area (Å²) in [5.41, 5.74) is 1.60. The average molecular weight is 278 g/mol. The van der Waals surface area contributed by atoms with Crippen molar-refractivity contribution < 1.29 is 22.1 Å². The van der Waals surface area contributed by atoms with Crippen molar-refractivity contribution in [3.05, 3.63) is 36.0 Å². The van der Waals surface area contributed by atoms with Gasteiger partial charge in [-0.1, -0.05) is 18.2 Å². The number of phenols is 1. The summed E-state index contributed by atoms with van der Waals surface area (Å²) in [6, 6.07) is 9.28. The fourth-order valence-corrected chi connectivity index (χ4v) is 1.23. The summed E-state index contributed by atoms with van der Waals surface area (Å²) in [6.07, 6.45) is 0. The van der Waals surface area contributed by atoms with Gasteiger partial charge in [-0.15, -0.1) is 0 Å². The monoisotopic (exact) mass is 277 g/mol. The Morgan fingerprint density at radius 3 is 2.53 bits per heavy atom. The van der Waals surface area contributed by atoms with Gasteiger partial charge in [-0.3, -0.25) is 0 Å². The van der Waals surface area contributed by atoms with Crippen molar-refractivity contribution >= 4 is 29.5 Å². The molecule has 0 bridgehead atoms. The minimum atomic E-state index is -0.556. The van der Waals surface area contributed by atoms with Gasteiger partial charge in [-0.25, -0.2) is 4.98 Å². The summed E-state index contributed by atoms with van der Waals surface area (Å²) >= 11 is -0.556. The minimum absolute atomic E-state index is 0.246. The third-order valence-electron chi connectivity index (χ3n) is 1.84. The second-order valence-electron chi connectivity index (χ2n) is 2.87. The molecule has 0 fully saturated rings. The zero-order valence-electron chi connectivity index (χ0n) is 8.04. The molecule has 78 valence electrons.